The average Bonchev–Trinajstić information content (AvgIpc) is 2.94. The van der Waals surface area contributed by atoms with Gasteiger partial charge in [0.2, 0.25) is 0 Å². The first kappa shape index (κ1) is 12.2. The molecule has 21 heavy (non-hydrogen) atoms. The molecule has 3 unspecified atom stereocenters. The summed E-state index contributed by atoms with van der Waals surface area (Å²) >= 11 is 0. The second kappa shape index (κ2) is 4.33. The number of hydrogen-bond acceptors (Lipinski definition) is 1. The molecule has 2 aromatic rings. The maximum atomic E-state index is 3.65. The van der Waals surface area contributed by atoms with Gasteiger partial charge in [-0.05, 0) is 84.4 Å². The first-order valence-corrected chi connectivity index (χ1v) is 8.56. The van der Waals surface area contributed by atoms with Crippen molar-refractivity contribution in [3.8, 4) is 0 Å². The Hall–Kier alpha value is -1.34. The van der Waals surface area contributed by atoms with Gasteiger partial charge in [-0.25, -0.2) is 0 Å². The topological polar surface area (TPSA) is 12.0 Å². The van der Waals surface area contributed by atoms with Crippen LogP contribution in [-0.4, -0.2) is 7.05 Å². The molecule has 0 aliphatic heterocycles. The lowest BCUT2D eigenvalue weighted by Gasteiger charge is -2.26. The molecule has 0 aromatic heterocycles. The van der Waals surface area contributed by atoms with E-state index in [4.69, 9.17) is 0 Å². The lowest BCUT2D eigenvalue weighted by molar-refractivity contribution is 0.361. The summed E-state index contributed by atoms with van der Waals surface area (Å²) in [5.41, 5.74) is 4.67. The van der Waals surface area contributed by atoms with Crippen molar-refractivity contribution in [1.82, 2.24) is 5.32 Å². The number of aryl methyl sites for hydroxylation is 2. The Kier molecular flexibility index (Phi) is 2.52. The molecule has 2 fully saturated rings. The minimum absolute atomic E-state index is 0.544. The summed E-state index contributed by atoms with van der Waals surface area (Å²) in [6, 6.07) is 12.3. The van der Waals surface area contributed by atoms with Gasteiger partial charge in [0, 0.05) is 6.04 Å². The first-order valence-electron chi connectivity index (χ1n) is 8.56. The molecular weight excluding hydrogens is 254 g/mol. The molecule has 2 saturated carbocycles. The van der Waals surface area contributed by atoms with E-state index < -0.39 is 0 Å². The molecule has 108 valence electrons. The van der Waals surface area contributed by atoms with Crippen molar-refractivity contribution in [2.24, 2.45) is 17.8 Å². The predicted molar refractivity (Wildman–Crippen MR) is 87.5 cm³/mol. The maximum Gasteiger partial charge on any atom is 0.0352 e. The fraction of sp³-hybridized carbons (Fsp3) is 0.500. The van der Waals surface area contributed by atoms with E-state index in [0.717, 1.165) is 17.8 Å². The summed E-state index contributed by atoms with van der Waals surface area (Å²) in [6.45, 7) is 0. The molecule has 0 saturated heterocycles. The van der Waals surface area contributed by atoms with E-state index >= 15 is 0 Å². The Morgan fingerprint density at radius 1 is 0.952 bits per heavy atom. The summed E-state index contributed by atoms with van der Waals surface area (Å²) < 4.78 is 0. The minimum atomic E-state index is 0.544. The van der Waals surface area contributed by atoms with Crippen molar-refractivity contribution in [2.45, 2.75) is 38.1 Å². The van der Waals surface area contributed by atoms with Crippen molar-refractivity contribution in [3.63, 3.8) is 0 Å². The summed E-state index contributed by atoms with van der Waals surface area (Å²) in [6.07, 6.45) is 6.86. The highest BCUT2D eigenvalue weighted by atomic mass is 14.9. The number of benzene rings is 2. The Morgan fingerprint density at radius 2 is 1.71 bits per heavy atom. The lowest BCUT2D eigenvalue weighted by atomic mass is 9.86. The summed E-state index contributed by atoms with van der Waals surface area (Å²) in [5, 5.41) is 6.74. The van der Waals surface area contributed by atoms with Gasteiger partial charge < -0.3 is 5.32 Å². The zero-order valence-electron chi connectivity index (χ0n) is 12.7. The van der Waals surface area contributed by atoms with E-state index in [0.29, 0.717) is 6.04 Å². The third kappa shape index (κ3) is 1.73. The second-order valence-electron chi connectivity index (χ2n) is 7.41. The molecule has 1 nitrogen and oxygen atoms in total. The molecule has 0 heterocycles. The Balaban J connectivity index is 1.63. The number of fused-ring (bicyclic) bond motifs is 1. The van der Waals surface area contributed by atoms with E-state index in [2.05, 4.69) is 42.7 Å². The molecule has 2 aromatic carbocycles. The zero-order valence-corrected chi connectivity index (χ0v) is 12.7. The second-order valence-corrected chi connectivity index (χ2v) is 7.41. The molecule has 1 heteroatoms. The van der Waals surface area contributed by atoms with Gasteiger partial charge in [0.15, 0.2) is 0 Å². The third-order valence-corrected chi connectivity index (χ3v) is 6.31. The smallest absolute Gasteiger partial charge is 0.0352 e. The largest absolute Gasteiger partial charge is 0.313 e. The molecule has 3 atom stereocenters. The van der Waals surface area contributed by atoms with Gasteiger partial charge in [-0.2, -0.15) is 0 Å². The van der Waals surface area contributed by atoms with Crippen LogP contribution in [0.5, 0.6) is 0 Å². The van der Waals surface area contributed by atoms with Crippen LogP contribution in [0, 0.1) is 17.8 Å². The summed E-state index contributed by atoms with van der Waals surface area (Å²) in [7, 11) is 2.15. The SMILES string of the molecule is CNC(c1ccc2c3c(cccc13)CC2)C1CC2CC2C1. The van der Waals surface area contributed by atoms with E-state index in [1.165, 1.54) is 37.5 Å². The van der Waals surface area contributed by atoms with E-state index in [9.17, 15) is 0 Å². The minimum Gasteiger partial charge on any atom is -0.313 e. The van der Waals surface area contributed by atoms with Crippen LogP contribution in [0.25, 0.3) is 10.8 Å². The molecule has 5 rings (SSSR count). The quantitative estimate of drug-likeness (QED) is 0.884. The van der Waals surface area contributed by atoms with Crippen molar-refractivity contribution in [2.75, 3.05) is 7.05 Å². The van der Waals surface area contributed by atoms with Gasteiger partial charge in [-0.15, -0.1) is 0 Å². The van der Waals surface area contributed by atoms with Crippen molar-refractivity contribution < 1.29 is 0 Å². The van der Waals surface area contributed by atoms with Crippen molar-refractivity contribution >= 4 is 10.8 Å². The molecular formula is C20H23N. The van der Waals surface area contributed by atoms with Gasteiger partial charge in [0.25, 0.3) is 0 Å². The highest BCUT2D eigenvalue weighted by molar-refractivity contribution is 5.93. The molecule has 0 bridgehead atoms. The highest BCUT2D eigenvalue weighted by Gasteiger charge is 2.48. The van der Waals surface area contributed by atoms with E-state index in [1.54, 1.807) is 22.1 Å². The number of hydrogen-bond donors (Lipinski definition) is 1. The van der Waals surface area contributed by atoms with Crippen LogP contribution in [0.4, 0.5) is 0 Å². The molecule has 0 spiro atoms. The predicted octanol–water partition coefficient (Wildman–Crippen LogP) is 4.25. The van der Waals surface area contributed by atoms with E-state index in [-0.39, 0.29) is 0 Å². The van der Waals surface area contributed by atoms with Crippen molar-refractivity contribution in [1.29, 1.82) is 0 Å². The molecule has 1 N–H and O–H groups in total. The van der Waals surface area contributed by atoms with Gasteiger partial charge in [0.05, 0.1) is 0 Å². The van der Waals surface area contributed by atoms with Gasteiger partial charge in [0.1, 0.15) is 0 Å². The molecule has 3 aliphatic rings. The monoisotopic (exact) mass is 277 g/mol. The third-order valence-electron chi connectivity index (χ3n) is 6.31. The fourth-order valence-electron chi connectivity index (χ4n) is 5.22. The number of nitrogens with one attached hydrogen (secondary N) is 1. The zero-order chi connectivity index (χ0) is 14.0. The van der Waals surface area contributed by atoms with Crippen LogP contribution in [0.3, 0.4) is 0 Å². The van der Waals surface area contributed by atoms with Crippen LogP contribution in [0.2, 0.25) is 0 Å². The number of rotatable bonds is 3. The summed E-state index contributed by atoms with van der Waals surface area (Å²) in [5.74, 6) is 2.96. The molecule has 3 aliphatic carbocycles. The molecule has 0 radical (unpaired) electrons. The van der Waals surface area contributed by atoms with Crippen LogP contribution >= 0.6 is 0 Å². The normalized spacial score (nSPS) is 30.6. The van der Waals surface area contributed by atoms with E-state index in [1.807, 2.05) is 0 Å². The highest BCUT2D eigenvalue weighted by Crippen LogP contribution is 2.57. The standard InChI is InChI=1S/C20H23N/c1-21-20(16-10-14-9-15(14)11-16)18-8-7-13-6-5-12-3-2-4-17(18)19(12)13/h2-4,7-8,14-16,20-21H,5-6,9-11H2,1H3. The van der Waals surface area contributed by atoms with Crippen LogP contribution < -0.4 is 5.32 Å². The average molecular weight is 277 g/mol. The van der Waals surface area contributed by atoms with Crippen LogP contribution in [0.1, 0.15) is 42.0 Å². The van der Waals surface area contributed by atoms with Crippen LogP contribution in [-0.2, 0) is 12.8 Å². The Labute approximate surface area is 126 Å². The lowest BCUT2D eigenvalue weighted by Crippen LogP contribution is -2.24. The van der Waals surface area contributed by atoms with Gasteiger partial charge >= 0.3 is 0 Å². The summed E-state index contributed by atoms with van der Waals surface area (Å²) in [4.78, 5) is 0. The van der Waals surface area contributed by atoms with Gasteiger partial charge in [-0.1, -0.05) is 30.3 Å². The van der Waals surface area contributed by atoms with Crippen molar-refractivity contribution in [3.05, 3.63) is 47.0 Å². The van der Waals surface area contributed by atoms with Crippen LogP contribution in [0.15, 0.2) is 30.3 Å². The first-order chi connectivity index (χ1) is 10.3. The molecule has 0 amide bonds. The Morgan fingerprint density at radius 3 is 2.48 bits per heavy atom. The van der Waals surface area contributed by atoms with Gasteiger partial charge in [-0.3, -0.25) is 0 Å². The maximum absolute atomic E-state index is 3.65. The Bertz CT molecular complexity index is 697. The fourth-order valence-corrected chi connectivity index (χ4v) is 5.22.